The summed E-state index contributed by atoms with van der Waals surface area (Å²) in [5.74, 6) is 0.555. The molecular formula is C13H22N2O3S. The van der Waals surface area contributed by atoms with Crippen LogP contribution in [0.1, 0.15) is 40.0 Å². The van der Waals surface area contributed by atoms with Gasteiger partial charge < -0.3 is 15.3 Å². The van der Waals surface area contributed by atoms with Gasteiger partial charge in [-0.1, -0.05) is 6.92 Å². The molecule has 108 valence electrons. The Labute approximate surface area is 118 Å². The van der Waals surface area contributed by atoms with Crippen molar-refractivity contribution in [3.63, 3.8) is 0 Å². The Morgan fingerprint density at radius 2 is 2.37 bits per heavy atom. The Kier molecular flexibility index (Phi) is 3.84. The molecule has 0 bridgehead atoms. The summed E-state index contributed by atoms with van der Waals surface area (Å²) in [6.07, 6.45) is 1.99. The van der Waals surface area contributed by atoms with Crippen molar-refractivity contribution in [2.75, 3.05) is 12.4 Å². The van der Waals surface area contributed by atoms with E-state index < -0.39 is 11.6 Å². The lowest BCUT2D eigenvalue weighted by atomic mass is 9.99. The Morgan fingerprint density at radius 3 is 2.95 bits per heavy atom. The van der Waals surface area contributed by atoms with Gasteiger partial charge in [0.05, 0.1) is 17.0 Å². The van der Waals surface area contributed by atoms with Crippen LogP contribution in [0.2, 0.25) is 0 Å². The highest BCUT2D eigenvalue weighted by Crippen LogP contribution is 2.47. The number of rotatable bonds is 4. The number of amides is 2. The van der Waals surface area contributed by atoms with Crippen molar-refractivity contribution in [3.8, 4) is 0 Å². The Balaban J connectivity index is 2.11. The first-order valence-corrected chi connectivity index (χ1v) is 7.73. The molecule has 2 saturated heterocycles. The van der Waals surface area contributed by atoms with Crippen molar-refractivity contribution in [1.82, 2.24) is 10.2 Å². The van der Waals surface area contributed by atoms with E-state index in [1.54, 1.807) is 16.7 Å². The minimum absolute atomic E-state index is 0.0647. The third-order valence-electron chi connectivity index (χ3n) is 4.30. The molecule has 0 spiro atoms. The van der Waals surface area contributed by atoms with Crippen LogP contribution in [-0.2, 0) is 9.59 Å². The van der Waals surface area contributed by atoms with Gasteiger partial charge in [-0.15, -0.1) is 11.8 Å². The van der Waals surface area contributed by atoms with Gasteiger partial charge in [-0.25, -0.2) is 0 Å². The maximum atomic E-state index is 12.4. The molecule has 6 heteroatoms. The lowest BCUT2D eigenvalue weighted by Gasteiger charge is -2.33. The van der Waals surface area contributed by atoms with Crippen molar-refractivity contribution in [2.45, 2.75) is 56.5 Å². The van der Waals surface area contributed by atoms with Crippen molar-refractivity contribution in [2.24, 2.45) is 0 Å². The number of carbonyl (C=O) groups excluding carboxylic acids is 2. The summed E-state index contributed by atoms with van der Waals surface area (Å²) < 4.78 is 0. The van der Waals surface area contributed by atoms with E-state index in [0.717, 1.165) is 6.42 Å². The molecule has 2 aliphatic rings. The second-order valence-corrected chi connectivity index (χ2v) is 7.33. The largest absolute Gasteiger partial charge is 0.394 e. The number of hydrogen-bond acceptors (Lipinski definition) is 4. The van der Waals surface area contributed by atoms with Crippen LogP contribution in [0, 0.1) is 0 Å². The molecule has 2 amide bonds. The van der Waals surface area contributed by atoms with E-state index in [1.807, 2.05) is 20.8 Å². The number of aliphatic hydroxyl groups is 1. The van der Waals surface area contributed by atoms with E-state index >= 15 is 0 Å². The van der Waals surface area contributed by atoms with E-state index in [-0.39, 0.29) is 23.3 Å². The summed E-state index contributed by atoms with van der Waals surface area (Å²) in [5, 5.41) is 12.3. The van der Waals surface area contributed by atoms with E-state index in [4.69, 9.17) is 0 Å². The molecule has 0 aromatic heterocycles. The lowest BCUT2D eigenvalue weighted by Crippen LogP contribution is -2.56. The summed E-state index contributed by atoms with van der Waals surface area (Å²) in [4.78, 5) is 25.9. The van der Waals surface area contributed by atoms with Crippen molar-refractivity contribution >= 4 is 23.6 Å². The van der Waals surface area contributed by atoms with Crippen LogP contribution in [-0.4, -0.2) is 50.6 Å². The molecule has 0 aromatic carbocycles. The van der Waals surface area contributed by atoms with Crippen molar-refractivity contribution in [1.29, 1.82) is 0 Å². The summed E-state index contributed by atoms with van der Waals surface area (Å²) in [5.41, 5.74) is -0.608. The van der Waals surface area contributed by atoms with E-state index in [2.05, 4.69) is 5.32 Å². The fourth-order valence-corrected chi connectivity index (χ4v) is 4.07. The zero-order chi connectivity index (χ0) is 14.3. The van der Waals surface area contributed by atoms with Crippen molar-refractivity contribution < 1.29 is 14.7 Å². The first-order valence-electron chi connectivity index (χ1n) is 6.74. The summed E-state index contributed by atoms with van der Waals surface area (Å²) in [6, 6.07) is -0.401. The molecule has 2 fully saturated rings. The third-order valence-corrected chi connectivity index (χ3v) is 5.81. The topological polar surface area (TPSA) is 69.6 Å². The molecule has 0 saturated carbocycles. The highest BCUT2D eigenvalue weighted by Gasteiger charge is 2.53. The van der Waals surface area contributed by atoms with Crippen LogP contribution in [0.15, 0.2) is 0 Å². The standard InChI is InChI=1S/C13H22N2O3S/c1-4-12(2,8-16)14-11(18)9-7-19-13(3)6-5-10(17)15(9)13/h9,16H,4-8H2,1-3H3,(H,14,18). The first kappa shape index (κ1) is 14.7. The lowest BCUT2D eigenvalue weighted by molar-refractivity contribution is -0.139. The molecule has 3 atom stereocenters. The second-order valence-electron chi connectivity index (χ2n) is 5.83. The minimum Gasteiger partial charge on any atom is -0.394 e. The van der Waals surface area contributed by atoms with E-state index in [0.29, 0.717) is 18.6 Å². The van der Waals surface area contributed by atoms with Gasteiger partial charge in [0.15, 0.2) is 0 Å². The van der Waals surface area contributed by atoms with Crippen LogP contribution in [0.4, 0.5) is 0 Å². The molecule has 0 aromatic rings. The number of nitrogens with one attached hydrogen (secondary N) is 1. The van der Waals surface area contributed by atoms with Crippen LogP contribution in [0.3, 0.4) is 0 Å². The fraction of sp³-hybridized carbons (Fsp3) is 0.846. The smallest absolute Gasteiger partial charge is 0.244 e. The summed E-state index contributed by atoms with van der Waals surface area (Å²) in [6.45, 7) is 5.67. The molecule has 2 rings (SSSR count). The third kappa shape index (κ3) is 2.48. The van der Waals surface area contributed by atoms with Gasteiger partial charge >= 0.3 is 0 Å². The molecule has 5 nitrogen and oxygen atoms in total. The van der Waals surface area contributed by atoms with Gasteiger partial charge in [-0.3, -0.25) is 9.59 Å². The summed E-state index contributed by atoms with van der Waals surface area (Å²) in [7, 11) is 0. The number of carbonyl (C=O) groups is 2. The predicted molar refractivity (Wildman–Crippen MR) is 74.7 cm³/mol. The first-order chi connectivity index (χ1) is 8.85. The number of fused-ring (bicyclic) bond motifs is 1. The average Bonchev–Trinajstić information content (AvgIpc) is 2.87. The number of nitrogens with zero attached hydrogens (tertiary/aromatic N) is 1. The van der Waals surface area contributed by atoms with Gasteiger partial charge in [-0.2, -0.15) is 0 Å². The normalized spacial score (nSPS) is 33.2. The molecule has 19 heavy (non-hydrogen) atoms. The number of hydrogen-bond donors (Lipinski definition) is 2. The average molecular weight is 286 g/mol. The highest BCUT2D eigenvalue weighted by atomic mass is 32.2. The Hall–Kier alpha value is -0.750. The zero-order valence-electron chi connectivity index (χ0n) is 11.7. The van der Waals surface area contributed by atoms with Gasteiger partial charge in [0.1, 0.15) is 6.04 Å². The van der Waals surface area contributed by atoms with E-state index in [9.17, 15) is 14.7 Å². The maximum Gasteiger partial charge on any atom is 0.244 e. The fourth-order valence-electron chi connectivity index (χ4n) is 2.64. The quantitative estimate of drug-likeness (QED) is 0.799. The van der Waals surface area contributed by atoms with E-state index in [1.165, 1.54) is 0 Å². The van der Waals surface area contributed by atoms with Gasteiger partial charge in [0, 0.05) is 12.2 Å². The Morgan fingerprint density at radius 1 is 1.68 bits per heavy atom. The second kappa shape index (κ2) is 4.98. The molecule has 2 aliphatic heterocycles. The maximum absolute atomic E-state index is 12.4. The molecular weight excluding hydrogens is 264 g/mol. The SMILES string of the molecule is CCC(C)(CO)NC(=O)C1CSC2(C)CCC(=O)N12. The molecule has 2 N–H and O–H groups in total. The number of aliphatic hydroxyl groups excluding tert-OH is 1. The molecule has 2 heterocycles. The van der Waals surface area contributed by atoms with Gasteiger partial charge in [0.25, 0.3) is 0 Å². The van der Waals surface area contributed by atoms with Crippen LogP contribution >= 0.6 is 11.8 Å². The summed E-state index contributed by atoms with van der Waals surface area (Å²) >= 11 is 1.68. The number of thioether (sulfide) groups is 1. The predicted octanol–water partition coefficient (Wildman–Crippen LogP) is 0.718. The van der Waals surface area contributed by atoms with Crippen LogP contribution in [0.5, 0.6) is 0 Å². The van der Waals surface area contributed by atoms with Crippen molar-refractivity contribution in [3.05, 3.63) is 0 Å². The van der Waals surface area contributed by atoms with Crippen LogP contribution in [0.25, 0.3) is 0 Å². The Bertz CT molecular complexity index is 397. The highest BCUT2D eigenvalue weighted by molar-refractivity contribution is 8.01. The molecule has 0 aliphatic carbocycles. The van der Waals surface area contributed by atoms with Gasteiger partial charge in [0.2, 0.25) is 11.8 Å². The molecule has 3 unspecified atom stereocenters. The minimum atomic E-state index is -0.608. The van der Waals surface area contributed by atoms with Gasteiger partial charge in [-0.05, 0) is 26.7 Å². The zero-order valence-corrected chi connectivity index (χ0v) is 12.5. The monoisotopic (exact) mass is 286 g/mol. The van der Waals surface area contributed by atoms with Crippen LogP contribution < -0.4 is 5.32 Å². The molecule has 0 radical (unpaired) electrons.